The second-order valence-electron chi connectivity index (χ2n) is 9.84. The molecule has 2 bridgehead atoms. The van der Waals surface area contributed by atoms with Gasteiger partial charge in [0.1, 0.15) is 0 Å². The zero-order valence-electron chi connectivity index (χ0n) is 20.0. The summed E-state index contributed by atoms with van der Waals surface area (Å²) < 4.78 is 352. The van der Waals surface area contributed by atoms with Crippen molar-refractivity contribution in [1.82, 2.24) is 0 Å². The number of alkyl halides is 26. The minimum atomic E-state index is -8.72. The standard InChI is InChI=1S/C19H8F26/c20-8(21,10(24,25)12(28,29)14(32,33)16(36,37)18(40,41)42)6-4-1-2-5(3-4)7(6)9(22,23)11(26,27)13(30,31)15(34,35)17(38,39)19(43,44)45/h1-2,4-7H,3H2. The van der Waals surface area contributed by atoms with Gasteiger partial charge in [-0.2, -0.15) is 114 Å². The highest BCUT2D eigenvalue weighted by Gasteiger charge is 2.95. The molecule has 0 aromatic rings. The Balaban J connectivity index is 2.78. The number of fused-ring (bicyclic) bond motifs is 2. The summed E-state index contributed by atoms with van der Waals surface area (Å²) in [5.41, 5.74) is 0. The maximum absolute atomic E-state index is 14.8. The molecule has 45 heavy (non-hydrogen) atoms. The topological polar surface area (TPSA) is 0 Å². The summed E-state index contributed by atoms with van der Waals surface area (Å²) in [6.07, 6.45) is -17.9. The monoisotopic (exact) mass is 730 g/mol. The lowest BCUT2D eigenvalue weighted by Gasteiger charge is -2.47. The highest BCUT2D eigenvalue weighted by atomic mass is 19.4. The molecule has 0 aliphatic heterocycles. The molecule has 2 rings (SSSR count). The van der Waals surface area contributed by atoms with Gasteiger partial charge in [0.15, 0.2) is 0 Å². The van der Waals surface area contributed by atoms with Crippen LogP contribution in [0, 0.1) is 23.7 Å². The Morgan fingerprint density at radius 2 is 0.489 bits per heavy atom. The van der Waals surface area contributed by atoms with Crippen LogP contribution in [-0.2, 0) is 0 Å². The van der Waals surface area contributed by atoms with Gasteiger partial charge in [0, 0.05) is 11.8 Å². The molecule has 1 saturated carbocycles. The van der Waals surface area contributed by atoms with E-state index in [0.29, 0.717) is 0 Å². The molecule has 0 heterocycles. The van der Waals surface area contributed by atoms with Crippen LogP contribution in [0.1, 0.15) is 6.42 Å². The second-order valence-corrected chi connectivity index (χ2v) is 9.84. The van der Waals surface area contributed by atoms with Gasteiger partial charge in [-0.15, -0.1) is 0 Å². The maximum Gasteiger partial charge on any atom is 0.460 e. The maximum atomic E-state index is 14.8. The van der Waals surface area contributed by atoms with Gasteiger partial charge >= 0.3 is 71.6 Å². The van der Waals surface area contributed by atoms with Crippen molar-refractivity contribution in [2.75, 3.05) is 0 Å². The van der Waals surface area contributed by atoms with Crippen molar-refractivity contribution in [1.29, 1.82) is 0 Å². The predicted molar refractivity (Wildman–Crippen MR) is 89.3 cm³/mol. The molecular formula is C19H8F26. The SMILES string of the molecule is FC(F)(F)C(F)(F)C(F)(F)C(F)(F)C(F)(F)C(F)(F)C1C2C=CC(C2)C1C(F)(F)C(F)(F)C(F)(F)C(F)(F)C(F)(F)C(F)(F)F. The summed E-state index contributed by atoms with van der Waals surface area (Å²) in [4.78, 5) is 0. The quantitative estimate of drug-likeness (QED) is 0.155. The van der Waals surface area contributed by atoms with E-state index >= 15 is 0 Å². The Bertz CT molecular complexity index is 1060. The average Bonchev–Trinajstić information content (AvgIpc) is 3.44. The molecule has 0 radical (unpaired) electrons. The summed E-state index contributed by atoms with van der Waals surface area (Å²) in [5.74, 6) is -100. The first-order chi connectivity index (χ1) is 19.2. The van der Waals surface area contributed by atoms with Crippen LogP contribution in [0.25, 0.3) is 0 Å². The van der Waals surface area contributed by atoms with Crippen LogP contribution in [0.3, 0.4) is 0 Å². The Hall–Kier alpha value is -2.08. The minimum Gasteiger partial charge on any atom is -0.199 e. The summed E-state index contributed by atoms with van der Waals surface area (Å²) >= 11 is 0. The lowest BCUT2D eigenvalue weighted by Crippen LogP contribution is -2.73. The van der Waals surface area contributed by atoms with E-state index in [1.807, 2.05) is 0 Å². The largest absolute Gasteiger partial charge is 0.460 e. The zero-order valence-corrected chi connectivity index (χ0v) is 20.0. The van der Waals surface area contributed by atoms with E-state index in [1.165, 1.54) is 0 Å². The van der Waals surface area contributed by atoms with Gasteiger partial charge in [-0.3, -0.25) is 0 Å². The van der Waals surface area contributed by atoms with Gasteiger partial charge in [0.05, 0.1) is 0 Å². The number of rotatable bonds is 10. The molecule has 4 atom stereocenters. The Morgan fingerprint density at radius 1 is 0.289 bits per heavy atom. The highest BCUT2D eigenvalue weighted by Crippen LogP contribution is 2.70. The molecule has 26 heteroatoms. The normalized spacial score (nSPS) is 25.4. The molecule has 0 saturated heterocycles. The summed E-state index contributed by atoms with van der Waals surface area (Å²) in [5, 5.41) is 0. The van der Waals surface area contributed by atoms with Gasteiger partial charge in [0.2, 0.25) is 0 Å². The first kappa shape index (κ1) is 39.1. The molecule has 0 nitrogen and oxygen atoms in total. The third-order valence-electron chi connectivity index (χ3n) is 7.21. The third-order valence-corrected chi connectivity index (χ3v) is 7.21. The van der Waals surface area contributed by atoms with Crippen LogP contribution in [0.5, 0.6) is 0 Å². The fourth-order valence-electron chi connectivity index (χ4n) is 4.79. The van der Waals surface area contributed by atoms with Crippen LogP contribution in [0.4, 0.5) is 114 Å². The number of hydrogen-bond acceptors (Lipinski definition) is 0. The Labute approximate surface area is 229 Å². The van der Waals surface area contributed by atoms with Crippen molar-refractivity contribution < 1.29 is 114 Å². The van der Waals surface area contributed by atoms with Crippen LogP contribution in [0.2, 0.25) is 0 Å². The van der Waals surface area contributed by atoms with E-state index in [4.69, 9.17) is 0 Å². The average molecular weight is 730 g/mol. The van der Waals surface area contributed by atoms with E-state index in [9.17, 15) is 114 Å². The molecule has 0 spiro atoms. The second kappa shape index (κ2) is 9.73. The van der Waals surface area contributed by atoms with Gasteiger partial charge in [-0.25, -0.2) is 0 Å². The Morgan fingerprint density at radius 3 is 0.689 bits per heavy atom. The molecule has 0 amide bonds. The molecule has 266 valence electrons. The number of allylic oxidation sites excluding steroid dienone is 2. The summed E-state index contributed by atoms with van der Waals surface area (Å²) in [7, 11) is 0. The van der Waals surface area contributed by atoms with Gasteiger partial charge in [-0.1, -0.05) is 12.2 Å². The molecule has 0 aromatic carbocycles. The van der Waals surface area contributed by atoms with Gasteiger partial charge < -0.3 is 0 Å². The van der Waals surface area contributed by atoms with Crippen LogP contribution >= 0.6 is 0 Å². The van der Waals surface area contributed by atoms with Crippen LogP contribution in [-0.4, -0.2) is 71.6 Å². The summed E-state index contributed by atoms with van der Waals surface area (Å²) in [6.45, 7) is 0. The van der Waals surface area contributed by atoms with Crippen molar-refractivity contribution >= 4 is 0 Å². The van der Waals surface area contributed by atoms with E-state index in [1.54, 1.807) is 0 Å². The van der Waals surface area contributed by atoms with Crippen molar-refractivity contribution in [2.24, 2.45) is 23.7 Å². The first-order valence-corrected chi connectivity index (χ1v) is 10.8. The molecule has 4 unspecified atom stereocenters. The number of halogens is 26. The van der Waals surface area contributed by atoms with E-state index < -0.39 is 102 Å². The number of hydrogen-bond donors (Lipinski definition) is 0. The van der Waals surface area contributed by atoms with Crippen molar-refractivity contribution in [3.63, 3.8) is 0 Å². The van der Waals surface area contributed by atoms with Crippen molar-refractivity contribution in [3.8, 4) is 0 Å². The zero-order chi connectivity index (χ0) is 36.4. The van der Waals surface area contributed by atoms with Crippen LogP contribution < -0.4 is 0 Å². The van der Waals surface area contributed by atoms with Crippen molar-refractivity contribution in [3.05, 3.63) is 12.2 Å². The molecule has 1 fully saturated rings. The third kappa shape index (κ3) is 4.57. The summed E-state index contributed by atoms with van der Waals surface area (Å²) in [6, 6.07) is 0. The molecular weight excluding hydrogens is 722 g/mol. The van der Waals surface area contributed by atoms with E-state index in [-0.39, 0.29) is 12.2 Å². The lowest BCUT2D eigenvalue weighted by molar-refractivity contribution is -0.453. The minimum absolute atomic E-state index is 0.116. The molecule has 2 aliphatic rings. The van der Waals surface area contributed by atoms with Gasteiger partial charge in [-0.05, 0) is 18.3 Å². The predicted octanol–water partition coefficient (Wildman–Crippen LogP) is 9.90. The highest BCUT2D eigenvalue weighted by molar-refractivity contribution is 5.25. The molecule has 0 N–H and O–H groups in total. The lowest BCUT2D eigenvalue weighted by atomic mass is 9.70. The Kier molecular flexibility index (Phi) is 8.46. The van der Waals surface area contributed by atoms with Crippen LogP contribution in [0.15, 0.2) is 12.2 Å². The smallest absolute Gasteiger partial charge is 0.199 e. The molecule has 0 aromatic heterocycles. The fourth-order valence-corrected chi connectivity index (χ4v) is 4.79. The fraction of sp³-hybridized carbons (Fsp3) is 0.895. The van der Waals surface area contributed by atoms with Crippen molar-refractivity contribution in [2.45, 2.75) is 78.0 Å². The van der Waals surface area contributed by atoms with E-state index in [2.05, 4.69) is 0 Å². The molecule has 2 aliphatic carbocycles. The first-order valence-electron chi connectivity index (χ1n) is 10.8. The van der Waals surface area contributed by atoms with E-state index in [0.717, 1.165) is 0 Å². The van der Waals surface area contributed by atoms with Gasteiger partial charge in [0.25, 0.3) is 0 Å².